The summed E-state index contributed by atoms with van der Waals surface area (Å²) in [4.78, 5) is 4.15. The van der Waals surface area contributed by atoms with Gasteiger partial charge in [-0.05, 0) is 23.9 Å². The van der Waals surface area contributed by atoms with E-state index in [-0.39, 0.29) is 0 Å². The van der Waals surface area contributed by atoms with Crippen LogP contribution in [0.1, 0.15) is 0 Å². The van der Waals surface area contributed by atoms with E-state index in [0.29, 0.717) is 0 Å². The first-order valence-electron chi connectivity index (χ1n) is 3.69. The summed E-state index contributed by atoms with van der Waals surface area (Å²) in [6.07, 6.45) is 1.60. The quantitative estimate of drug-likeness (QED) is 0.692. The first-order chi connectivity index (χ1) is 6.09. The lowest BCUT2D eigenvalue weighted by molar-refractivity contribution is 1.22. The van der Waals surface area contributed by atoms with Crippen molar-refractivity contribution >= 4 is 29.3 Å². The van der Waals surface area contributed by atoms with Crippen LogP contribution in [0.15, 0.2) is 30.6 Å². The third-order valence-corrected chi connectivity index (χ3v) is 3.29. The minimum absolute atomic E-state index is 0.868. The molecule has 6 heteroatoms. The van der Waals surface area contributed by atoms with Crippen LogP contribution in [0, 0.1) is 0 Å². The van der Waals surface area contributed by atoms with Gasteiger partial charge in [0.25, 0.3) is 0 Å². The van der Waals surface area contributed by atoms with Crippen LogP contribution in [0.3, 0.4) is 0 Å². The van der Waals surface area contributed by atoms with Gasteiger partial charge >= 0.3 is 0 Å². The first kappa shape index (κ1) is 8.84. The van der Waals surface area contributed by atoms with Gasteiger partial charge in [0.15, 0.2) is 6.49 Å². The number of hydrogen-bond donors (Lipinski definition) is 2. The Balaban J connectivity index is 2.79. The Labute approximate surface area is 80.7 Å². The first-order valence-corrected chi connectivity index (χ1v) is 6.58. The molecule has 1 heterocycles. The fourth-order valence-corrected chi connectivity index (χ4v) is 2.30. The zero-order chi connectivity index (χ0) is 9.47. The molecule has 2 aromatic rings. The van der Waals surface area contributed by atoms with Gasteiger partial charge in [-0.15, -0.1) is 0 Å². The largest absolute Gasteiger partial charge is 0.278 e. The van der Waals surface area contributed by atoms with Gasteiger partial charge in [-0.2, -0.15) is 0 Å². The molecule has 0 radical (unpaired) electrons. The molecule has 0 aliphatic rings. The molecule has 1 aromatic carbocycles. The lowest BCUT2D eigenvalue weighted by Gasteiger charge is -2.11. The summed E-state index contributed by atoms with van der Waals surface area (Å²) in [5, 5.41) is 0. The second kappa shape index (κ2) is 2.89. The number of imidazole rings is 1. The number of nitrogens with two attached hydrogens (primary N) is 2. The second-order valence-electron chi connectivity index (χ2n) is 2.75. The topological polar surface area (TPSA) is 69.9 Å². The van der Waals surface area contributed by atoms with E-state index in [9.17, 15) is 0 Å². The van der Waals surface area contributed by atoms with E-state index in [1.165, 1.54) is 0 Å². The molecule has 0 spiro atoms. The van der Waals surface area contributed by atoms with Gasteiger partial charge in [0.2, 0.25) is 0 Å². The molecule has 13 heavy (non-hydrogen) atoms. The van der Waals surface area contributed by atoms with E-state index >= 15 is 0 Å². The highest BCUT2D eigenvalue weighted by Crippen LogP contribution is 2.32. The van der Waals surface area contributed by atoms with Crippen LogP contribution in [0.25, 0.3) is 11.0 Å². The van der Waals surface area contributed by atoms with E-state index in [2.05, 4.69) is 4.98 Å². The SMILES string of the molecule is NP(N)(=S)n1cnc2ccccc21. The molecule has 0 unspecified atom stereocenters. The standard InChI is InChI=1S/C7H9N4PS/c8-12(9,13)11-5-10-6-3-1-2-4-7(6)11/h1-5H,(H4,8,9,13). The lowest BCUT2D eigenvalue weighted by Crippen LogP contribution is -2.11. The summed E-state index contributed by atoms with van der Waals surface area (Å²) in [5.41, 5.74) is 13.2. The number of nitrogens with zero attached hydrogens (tertiary/aromatic N) is 2. The molecule has 0 saturated heterocycles. The fraction of sp³-hybridized carbons (Fsp3) is 0. The molecule has 0 atom stereocenters. The van der Waals surface area contributed by atoms with Crippen LogP contribution < -0.4 is 11.0 Å². The number of fused-ring (bicyclic) bond motifs is 1. The van der Waals surface area contributed by atoms with Crippen molar-refractivity contribution in [3.8, 4) is 0 Å². The summed E-state index contributed by atoms with van der Waals surface area (Å²) in [5.74, 6) is 0. The summed E-state index contributed by atoms with van der Waals surface area (Å²) >= 11 is 5.02. The van der Waals surface area contributed by atoms with Crippen molar-refractivity contribution in [2.24, 2.45) is 11.0 Å². The molecule has 0 aliphatic carbocycles. The Hall–Kier alpha value is -0.740. The second-order valence-corrected chi connectivity index (χ2v) is 6.28. The molecule has 0 bridgehead atoms. The van der Waals surface area contributed by atoms with E-state index in [1.807, 2.05) is 24.3 Å². The summed E-state index contributed by atoms with van der Waals surface area (Å²) in [6, 6.07) is 7.63. The Morgan fingerprint density at radius 2 is 2.00 bits per heavy atom. The van der Waals surface area contributed by atoms with Crippen molar-refractivity contribution in [2.75, 3.05) is 0 Å². The minimum atomic E-state index is -2.43. The number of aromatic nitrogens is 2. The Morgan fingerprint density at radius 1 is 1.31 bits per heavy atom. The smallest absolute Gasteiger partial charge is 0.164 e. The van der Waals surface area contributed by atoms with Gasteiger partial charge in [-0.1, -0.05) is 12.1 Å². The van der Waals surface area contributed by atoms with Crippen molar-refractivity contribution < 1.29 is 0 Å². The van der Waals surface area contributed by atoms with Gasteiger partial charge in [-0.3, -0.25) is 15.3 Å². The van der Waals surface area contributed by atoms with Crippen LogP contribution in [-0.2, 0) is 11.8 Å². The third-order valence-electron chi connectivity index (χ3n) is 1.77. The van der Waals surface area contributed by atoms with E-state index < -0.39 is 6.49 Å². The number of benzene rings is 1. The molecular weight excluding hydrogens is 203 g/mol. The van der Waals surface area contributed by atoms with Gasteiger partial charge in [0, 0.05) is 0 Å². The van der Waals surface area contributed by atoms with Crippen LogP contribution in [0.5, 0.6) is 0 Å². The molecule has 2 rings (SSSR count). The molecule has 0 fully saturated rings. The highest BCUT2D eigenvalue weighted by atomic mass is 32.4. The van der Waals surface area contributed by atoms with Crippen molar-refractivity contribution in [3.63, 3.8) is 0 Å². The normalized spacial score (nSPS) is 12.2. The molecule has 0 amide bonds. The summed E-state index contributed by atoms with van der Waals surface area (Å²) < 4.78 is 1.68. The maximum Gasteiger partial charge on any atom is 0.164 e. The van der Waals surface area contributed by atoms with Gasteiger partial charge < -0.3 is 0 Å². The molecule has 68 valence electrons. The van der Waals surface area contributed by atoms with Crippen LogP contribution in [0.2, 0.25) is 0 Å². The highest BCUT2D eigenvalue weighted by Gasteiger charge is 2.09. The Morgan fingerprint density at radius 3 is 2.69 bits per heavy atom. The van der Waals surface area contributed by atoms with Crippen LogP contribution in [0.4, 0.5) is 0 Å². The monoisotopic (exact) mass is 212 g/mol. The highest BCUT2D eigenvalue weighted by molar-refractivity contribution is 8.11. The third kappa shape index (κ3) is 1.51. The van der Waals surface area contributed by atoms with Crippen molar-refractivity contribution in [2.45, 2.75) is 0 Å². The molecule has 0 saturated carbocycles. The Bertz CT molecular complexity index is 486. The van der Waals surface area contributed by atoms with Crippen molar-refractivity contribution in [1.29, 1.82) is 0 Å². The van der Waals surface area contributed by atoms with Crippen LogP contribution >= 0.6 is 6.49 Å². The van der Waals surface area contributed by atoms with E-state index in [1.54, 1.807) is 10.7 Å². The molecule has 1 aromatic heterocycles. The van der Waals surface area contributed by atoms with Crippen LogP contribution in [-0.4, -0.2) is 9.32 Å². The zero-order valence-corrected chi connectivity index (χ0v) is 8.50. The van der Waals surface area contributed by atoms with Crippen molar-refractivity contribution in [1.82, 2.24) is 9.32 Å². The Kier molecular flexibility index (Phi) is 1.96. The predicted molar refractivity (Wildman–Crippen MR) is 57.8 cm³/mol. The molecular formula is C7H9N4PS. The number of rotatable bonds is 1. The van der Waals surface area contributed by atoms with Gasteiger partial charge in [-0.25, -0.2) is 4.98 Å². The minimum Gasteiger partial charge on any atom is -0.278 e. The summed E-state index contributed by atoms with van der Waals surface area (Å²) in [7, 11) is 0. The molecule has 4 N–H and O–H groups in total. The molecule has 0 aliphatic heterocycles. The number of para-hydroxylation sites is 2. The van der Waals surface area contributed by atoms with Crippen molar-refractivity contribution in [3.05, 3.63) is 30.6 Å². The maximum absolute atomic E-state index is 5.69. The maximum atomic E-state index is 5.69. The van der Waals surface area contributed by atoms with E-state index in [0.717, 1.165) is 11.0 Å². The average Bonchev–Trinajstić information content (AvgIpc) is 2.45. The predicted octanol–water partition coefficient (Wildman–Crippen LogP) is 1.03. The lowest BCUT2D eigenvalue weighted by atomic mass is 10.3. The average molecular weight is 212 g/mol. The van der Waals surface area contributed by atoms with Gasteiger partial charge in [0.1, 0.15) is 6.33 Å². The van der Waals surface area contributed by atoms with Gasteiger partial charge in [0.05, 0.1) is 11.0 Å². The fourth-order valence-electron chi connectivity index (χ4n) is 1.20. The summed E-state index contributed by atoms with van der Waals surface area (Å²) in [6.45, 7) is -2.43. The number of hydrogen-bond acceptors (Lipinski definition) is 2. The molecule has 4 nitrogen and oxygen atoms in total. The zero-order valence-electron chi connectivity index (χ0n) is 6.79. The van der Waals surface area contributed by atoms with E-state index in [4.69, 9.17) is 22.8 Å².